The third-order valence-electron chi connectivity index (χ3n) is 13.7. The van der Waals surface area contributed by atoms with Crippen LogP contribution in [-0.4, -0.2) is 93.7 Å². The van der Waals surface area contributed by atoms with E-state index in [1.165, 1.54) is 0 Å². The average molecular weight is 1030 g/mol. The number of hydrogen-bond donors (Lipinski definition) is 1. The largest absolute Gasteiger partial charge is 0.497 e. The highest BCUT2D eigenvalue weighted by atomic mass is 127. The Labute approximate surface area is 394 Å². The molecule has 0 unspecified atom stereocenters. The minimum Gasteiger partial charge on any atom is -0.497 e. The highest BCUT2D eigenvalue weighted by Crippen LogP contribution is 2.45. The zero-order chi connectivity index (χ0) is 47.5. The van der Waals surface area contributed by atoms with Gasteiger partial charge in [0.2, 0.25) is 0 Å². The molecule has 0 bridgehead atoms. The fourth-order valence-corrected chi connectivity index (χ4v) is 11.3. The number of Topliss-reactive ketones (excluding diaryl/α,β-unsaturated/α-hetero) is 1. The average Bonchev–Trinajstić information content (AvgIpc) is 3.56. The summed E-state index contributed by atoms with van der Waals surface area (Å²) in [6.45, 7) is 42.5. The van der Waals surface area contributed by atoms with Crippen LogP contribution in [0.15, 0.2) is 47.1 Å². The van der Waals surface area contributed by atoms with Crippen LogP contribution in [-0.2, 0) is 38.9 Å². The van der Waals surface area contributed by atoms with E-state index in [-0.39, 0.29) is 82.5 Å². The first-order valence-corrected chi connectivity index (χ1v) is 32.6. The Balaban J connectivity index is 2.48. The molecule has 0 aliphatic carbocycles. The van der Waals surface area contributed by atoms with E-state index in [0.29, 0.717) is 32.3 Å². The number of methoxy groups -OCH3 is 1. The van der Waals surface area contributed by atoms with Crippen LogP contribution in [0.2, 0.25) is 54.4 Å². The van der Waals surface area contributed by atoms with Gasteiger partial charge in [-0.05, 0) is 94.1 Å². The molecule has 1 aromatic rings. The molecule has 1 saturated heterocycles. The van der Waals surface area contributed by atoms with Gasteiger partial charge in [-0.2, -0.15) is 0 Å². The van der Waals surface area contributed by atoms with Gasteiger partial charge in [0, 0.05) is 32.2 Å². The number of ether oxygens (including phenoxy) is 4. The van der Waals surface area contributed by atoms with Gasteiger partial charge in [-0.3, -0.25) is 4.79 Å². The second kappa shape index (κ2) is 23.9. The molecule has 0 radical (unpaired) electrons. The van der Waals surface area contributed by atoms with Crippen molar-refractivity contribution in [1.29, 1.82) is 0 Å². The van der Waals surface area contributed by atoms with E-state index in [1.54, 1.807) is 13.2 Å². The van der Waals surface area contributed by atoms with Crippen molar-refractivity contribution in [2.24, 2.45) is 11.8 Å². The molecule has 0 aromatic heterocycles. The number of carbonyl (C=O) groups is 2. The summed E-state index contributed by atoms with van der Waals surface area (Å²) in [6.07, 6.45) is 3.18. The maximum Gasteiger partial charge on any atom is 0.407 e. The molecule has 1 aliphatic rings. The Morgan fingerprint density at radius 3 is 1.97 bits per heavy atom. The van der Waals surface area contributed by atoms with Gasteiger partial charge in [0.1, 0.15) is 18.1 Å². The van der Waals surface area contributed by atoms with E-state index >= 15 is 0 Å². The second-order valence-corrected chi connectivity index (χ2v) is 37.0. The number of alkyl carbamates (subject to hydrolysis) is 1. The Hall–Kier alpha value is -1.38. The van der Waals surface area contributed by atoms with Gasteiger partial charge in [-0.15, -0.1) is 0 Å². The molecule has 1 aliphatic heterocycles. The molecule has 0 spiro atoms. The molecule has 1 fully saturated rings. The molecule has 0 saturated carbocycles. The first kappa shape index (κ1) is 56.7. The lowest BCUT2D eigenvalue weighted by Gasteiger charge is -2.43. The van der Waals surface area contributed by atoms with Crippen LogP contribution in [0.5, 0.6) is 5.75 Å². The monoisotopic (exact) mass is 1030 g/mol. The van der Waals surface area contributed by atoms with Crippen molar-refractivity contribution in [3.8, 4) is 5.75 Å². The van der Waals surface area contributed by atoms with Crippen LogP contribution in [0.3, 0.4) is 0 Å². The molecule has 1 N–H and O–H groups in total. The third-order valence-corrected chi connectivity index (χ3v) is 27.7. The predicted octanol–water partition coefficient (Wildman–Crippen LogP) is 12.8. The van der Waals surface area contributed by atoms with Gasteiger partial charge in [0.25, 0.3) is 0 Å². The van der Waals surface area contributed by atoms with Crippen molar-refractivity contribution in [3.63, 3.8) is 0 Å². The lowest BCUT2D eigenvalue weighted by Crippen LogP contribution is -2.52. The minimum atomic E-state index is -2.36. The summed E-state index contributed by atoms with van der Waals surface area (Å²) in [5.74, 6) is 0.838. The number of rotatable bonds is 24. The first-order chi connectivity index (χ1) is 28.4. The van der Waals surface area contributed by atoms with E-state index in [9.17, 15) is 9.59 Å². The van der Waals surface area contributed by atoms with Gasteiger partial charge in [0.05, 0.1) is 50.3 Å². The number of ketones is 1. The standard InChI is InChI=1S/C48H86INO9Si3/c1-20-27-54-45(52)50-32-39(57-60(14,15)46(4,5)6)30-42(58-61(16,17)47(7,8)9)41-31-43(59-62(18,19)48(10,11)12)44(56-41)35(3)29-37(51)28-34(2)40(25-26-49)55-33-36-21-23-38(53-13)24-22-36/h20-26,34-35,39-44H,1,27-33H2,2-19H3,(H,50,52)/b26-25+/t34-,35-,39+,40+,41-,42-,43-,44-/m0/s1. The van der Waals surface area contributed by atoms with Gasteiger partial charge >= 0.3 is 6.09 Å². The second-order valence-electron chi connectivity index (χ2n) is 22.1. The van der Waals surface area contributed by atoms with Crippen molar-refractivity contribution in [2.75, 3.05) is 20.3 Å². The van der Waals surface area contributed by atoms with Crippen LogP contribution in [0.1, 0.15) is 107 Å². The molecular formula is C48H86INO9Si3. The summed E-state index contributed by atoms with van der Waals surface area (Å²) in [7, 11) is -5.28. The fourth-order valence-electron chi connectivity index (χ4n) is 6.79. The number of benzene rings is 1. The summed E-state index contributed by atoms with van der Waals surface area (Å²) in [5, 5.41) is 2.81. The highest BCUT2D eigenvalue weighted by molar-refractivity contribution is 14.1. The number of amides is 1. The Morgan fingerprint density at radius 1 is 0.887 bits per heavy atom. The van der Waals surface area contributed by atoms with E-state index in [2.05, 4.69) is 150 Å². The zero-order valence-electron chi connectivity index (χ0n) is 41.9. The molecular weight excluding hydrogens is 946 g/mol. The van der Waals surface area contributed by atoms with E-state index < -0.39 is 31.0 Å². The number of carbonyl (C=O) groups excluding carboxylic acids is 2. The Kier molecular flexibility index (Phi) is 21.9. The van der Waals surface area contributed by atoms with E-state index in [0.717, 1.165) is 11.3 Å². The van der Waals surface area contributed by atoms with E-state index in [4.69, 9.17) is 32.2 Å². The lowest BCUT2D eigenvalue weighted by molar-refractivity contribution is -0.124. The zero-order valence-corrected chi connectivity index (χ0v) is 47.0. The van der Waals surface area contributed by atoms with Crippen LogP contribution >= 0.6 is 22.6 Å². The minimum absolute atomic E-state index is 0.0256. The van der Waals surface area contributed by atoms with Crippen molar-refractivity contribution < 1.29 is 41.8 Å². The van der Waals surface area contributed by atoms with Crippen molar-refractivity contribution in [1.82, 2.24) is 5.32 Å². The molecule has 10 nitrogen and oxygen atoms in total. The first-order valence-electron chi connectivity index (χ1n) is 22.6. The molecule has 1 heterocycles. The smallest absolute Gasteiger partial charge is 0.407 e. The molecule has 8 atom stereocenters. The topological polar surface area (TPSA) is 111 Å². The number of nitrogens with one attached hydrogen (secondary N) is 1. The summed E-state index contributed by atoms with van der Waals surface area (Å²) >= 11 is 2.21. The van der Waals surface area contributed by atoms with Gasteiger partial charge in [-0.25, -0.2) is 4.79 Å². The summed E-state index contributed by atoms with van der Waals surface area (Å²) in [6, 6.07) is 7.86. The van der Waals surface area contributed by atoms with Crippen LogP contribution < -0.4 is 10.1 Å². The molecule has 14 heteroatoms. The van der Waals surface area contributed by atoms with Gasteiger partial charge in [0.15, 0.2) is 25.0 Å². The lowest BCUT2D eigenvalue weighted by atomic mass is 9.89. The third kappa shape index (κ3) is 17.4. The van der Waals surface area contributed by atoms with Crippen molar-refractivity contribution in [2.45, 2.75) is 199 Å². The maximum atomic E-state index is 14.0. The van der Waals surface area contributed by atoms with Gasteiger partial charge in [-0.1, -0.05) is 124 Å². The predicted molar refractivity (Wildman–Crippen MR) is 271 cm³/mol. The number of halogens is 1. The summed E-state index contributed by atoms with van der Waals surface area (Å²) in [5.41, 5.74) is 1.04. The fraction of sp³-hybridized carbons (Fsp3) is 0.750. The summed E-state index contributed by atoms with van der Waals surface area (Å²) in [4.78, 5) is 26.8. The Morgan fingerprint density at radius 2 is 1.45 bits per heavy atom. The quantitative estimate of drug-likeness (QED) is 0.0615. The normalized spacial score (nSPS) is 20.7. The molecule has 356 valence electrons. The summed E-state index contributed by atoms with van der Waals surface area (Å²) < 4.78 is 47.9. The molecule has 1 aromatic carbocycles. The molecule has 2 rings (SSSR count). The highest BCUT2D eigenvalue weighted by Gasteiger charge is 2.51. The SMILES string of the molecule is C=CCOC(=O)NC[C@@H](C[C@H](O[Si](C)(C)C(C)(C)C)[C@@H]1C[C@H](O[Si](C)(C)C(C)(C)C)[C@H]([C@@H](C)CC(=O)C[C@H](C)[C@@H](/C=C/I)OCc2ccc(OC)cc2)O1)O[Si](C)(C)C(C)(C)C. The van der Waals surface area contributed by atoms with Crippen LogP contribution in [0.25, 0.3) is 0 Å². The van der Waals surface area contributed by atoms with Crippen LogP contribution in [0.4, 0.5) is 4.79 Å². The number of hydrogen-bond acceptors (Lipinski definition) is 9. The van der Waals surface area contributed by atoms with Crippen molar-refractivity contribution in [3.05, 3.63) is 52.6 Å². The molecule has 1 amide bonds. The van der Waals surface area contributed by atoms with Gasteiger partial charge < -0.3 is 37.5 Å². The van der Waals surface area contributed by atoms with Crippen molar-refractivity contribution >= 4 is 59.4 Å². The van der Waals surface area contributed by atoms with Crippen LogP contribution in [0, 0.1) is 11.8 Å². The Bertz CT molecular complexity index is 1580. The molecule has 62 heavy (non-hydrogen) atoms. The maximum absolute atomic E-state index is 14.0. The van der Waals surface area contributed by atoms with E-state index in [1.807, 2.05) is 34.4 Å².